The van der Waals surface area contributed by atoms with Gasteiger partial charge < -0.3 is 5.73 Å². The number of carbonyl (C=O) groups excluding carboxylic acids is 1. The molecule has 1 atom stereocenters. The Kier molecular flexibility index (Phi) is 8.97. The predicted molar refractivity (Wildman–Crippen MR) is 82.4 cm³/mol. The Balaban J connectivity index is 6.37. The van der Waals surface area contributed by atoms with E-state index in [-0.39, 0.29) is 0 Å². The van der Waals surface area contributed by atoms with Crippen LogP contribution in [0.1, 0.15) is 33.1 Å². The minimum atomic E-state index is -8.67. The first-order chi connectivity index (χ1) is 15.0. The molecule has 210 valence electrons. The van der Waals surface area contributed by atoms with Crippen LogP contribution in [-0.2, 0) is 4.79 Å². The average Bonchev–Trinajstić information content (AvgIpc) is 2.57. The van der Waals surface area contributed by atoms with E-state index in [0.717, 1.165) is 0 Å². The van der Waals surface area contributed by atoms with E-state index in [1.54, 1.807) is 0 Å². The highest BCUT2D eigenvalue weighted by Crippen LogP contribution is 2.64. The minimum absolute atomic E-state index is 0.418. The summed E-state index contributed by atoms with van der Waals surface area (Å²) in [6.07, 6.45) is -12.3. The van der Waals surface area contributed by atoms with Gasteiger partial charge in [0.05, 0.1) is 0 Å². The van der Waals surface area contributed by atoms with Crippen molar-refractivity contribution >= 4 is 5.78 Å². The molecule has 0 aromatic rings. The summed E-state index contributed by atoms with van der Waals surface area (Å²) in [5, 5.41) is 0. The number of alkyl halides is 17. The van der Waals surface area contributed by atoms with E-state index >= 15 is 0 Å². The number of Topliss-reactive ketones (excluding diaryl/α,β-unsaturated/α-hetero) is 1. The largest absolute Gasteiger partial charge is 0.460 e. The molecule has 0 aromatic carbocycles. The van der Waals surface area contributed by atoms with Gasteiger partial charge in [-0.15, -0.1) is 0 Å². The van der Waals surface area contributed by atoms with E-state index in [1.165, 1.54) is 13.8 Å². The SMILES string of the molecule is CC(C)CC(=O)CC(N)CC(F)(F)C(F)(F)C(F)(F)C(F)(F)C(F)(F)C(F)(F)C(F)(F)C(F)(F)F. The fourth-order valence-corrected chi connectivity index (χ4v) is 2.56. The van der Waals surface area contributed by atoms with Crippen LogP contribution in [0.3, 0.4) is 0 Å². The second kappa shape index (κ2) is 9.39. The average molecular weight is 561 g/mol. The first kappa shape index (κ1) is 33.4. The normalized spacial score (nSPS) is 16.6. The van der Waals surface area contributed by atoms with Gasteiger partial charge in [0.2, 0.25) is 0 Å². The highest BCUT2D eigenvalue weighted by Gasteiger charge is 2.95. The summed E-state index contributed by atoms with van der Waals surface area (Å²) in [4.78, 5) is 11.4. The van der Waals surface area contributed by atoms with E-state index in [4.69, 9.17) is 5.73 Å². The second-order valence-electron chi connectivity index (χ2n) is 7.95. The second-order valence-corrected chi connectivity index (χ2v) is 7.95. The molecular weight excluding hydrogens is 545 g/mol. The highest BCUT2D eigenvalue weighted by atomic mass is 19.4. The molecule has 35 heavy (non-hydrogen) atoms. The van der Waals surface area contributed by atoms with E-state index in [1.807, 2.05) is 0 Å². The molecule has 1 unspecified atom stereocenters. The van der Waals surface area contributed by atoms with Crippen molar-refractivity contribution in [2.75, 3.05) is 0 Å². The molecule has 0 amide bonds. The maximum Gasteiger partial charge on any atom is 0.460 e. The molecule has 0 spiro atoms. The summed E-state index contributed by atoms with van der Waals surface area (Å²) in [6.45, 7) is 2.79. The van der Waals surface area contributed by atoms with E-state index in [2.05, 4.69) is 0 Å². The van der Waals surface area contributed by atoms with Crippen molar-refractivity contribution in [2.45, 2.75) is 86.8 Å². The summed E-state index contributed by atoms with van der Waals surface area (Å²) in [5.74, 6) is -58.2. The minimum Gasteiger partial charge on any atom is -0.327 e. The van der Waals surface area contributed by atoms with Crippen molar-refractivity contribution in [1.29, 1.82) is 0 Å². The summed E-state index contributed by atoms with van der Waals surface area (Å²) in [6, 6.07) is -2.51. The molecule has 0 saturated carbocycles. The molecule has 0 rings (SSSR count). The van der Waals surface area contributed by atoms with Gasteiger partial charge >= 0.3 is 47.6 Å². The fraction of sp³-hybridized carbons (Fsp3) is 0.938. The third-order valence-corrected chi connectivity index (χ3v) is 4.43. The van der Waals surface area contributed by atoms with Crippen molar-refractivity contribution in [2.24, 2.45) is 11.7 Å². The quantitative estimate of drug-likeness (QED) is 0.269. The molecule has 0 aliphatic carbocycles. The number of nitrogens with two attached hydrogens (primary N) is 1. The predicted octanol–water partition coefficient (Wildman–Crippen LogP) is 6.72. The van der Waals surface area contributed by atoms with Gasteiger partial charge in [0.15, 0.2) is 0 Å². The van der Waals surface area contributed by atoms with Crippen molar-refractivity contribution in [1.82, 2.24) is 0 Å². The molecule has 0 saturated heterocycles. The van der Waals surface area contributed by atoms with Crippen molar-refractivity contribution in [3.63, 3.8) is 0 Å². The zero-order valence-electron chi connectivity index (χ0n) is 17.2. The Morgan fingerprint density at radius 2 is 0.886 bits per heavy atom. The fourth-order valence-electron chi connectivity index (χ4n) is 2.56. The number of ketones is 1. The summed E-state index contributed by atoms with van der Waals surface area (Å²) in [5.41, 5.74) is 4.89. The van der Waals surface area contributed by atoms with Gasteiger partial charge in [-0.3, -0.25) is 4.79 Å². The molecule has 0 aliphatic rings. The topological polar surface area (TPSA) is 43.1 Å². The molecule has 2 N–H and O–H groups in total. The number of carbonyl (C=O) groups is 1. The lowest BCUT2D eigenvalue weighted by Gasteiger charge is -2.43. The molecule has 0 aliphatic heterocycles. The zero-order chi connectivity index (χ0) is 28.9. The summed E-state index contributed by atoms with van der Waals surface area (Å²) in [7, 11) is 0. The third kappa shape index (κ3) is 5.42. The molecule has 0 radical (unpaired) electrons. The molecule has 0 aromatic heterocycles. The molecule has 0 heterocycles. The van der Waals surface area contributed by atoms with Gasteiger partial charge in [-0.1, -0.05) is 13.8 Å². The van der Waals surface area contributed by atoms with Crippen LogP contribution >= 0.6 is 0 Å². The molecular formula is C16H16F17NO. The first-order valence-corrected chi connectivity index (χ1v) is 8.94. The van der Waals surface area contributed by atoms with E-state index < -0.39 is 84.6 Å². The summed E-state index contributed by atoms with van der Waals surface area (Å²) < 4.78 is 224. The number of rotatable bonds is 12. The van der Waals surface area contributed by atoms with Crippen molar-refractivity contribution in [3.05, 3.63) is 0 Å². The standard InChI is InChI=1S/C16H16F17NO/c1-6(2)3-8(35)4-7(34)5-9(17,18)10(19,20)11(21,22)12(23,24)13(25,26)14(27,28)15(29,30)16(31,32)33/h6-7H,3-5,34H2,1-2H3. The van der Waals surface area contributed by atoms with Crippen LogP contribution in [0.4, 0.5) is 74.6 Å². The maximum atomic E-state index is 13.8. The smallest absolute Gasteiger partial charge is 0.327 e. The Labute approximate surface area is 185 Å². The Bertz CT molecular complexity index is 756. The Morgan fingerprint density at radius 1 is 0.571 bits per heavy atom. The number of hydrogen-bond acceptors (Lipinski definition) is 2. The van der Waals surface area contributed by atoms with Crippen molar-refractivity contribution < 1.29 is 79.4 Å². The van der Waals surface area contributed by atoms with Crippen LogP contribution in [-0.4, -0.2) is 59.5 Å². The third-order valence-electron chi connectivity index (χ3n) is 4.43. The molecule has 0 fully saturated rings. The lowest BCUT2D eigenvalue weighted by atomic mass is 9.87. The Morgan fingerprint density at radius 3 is 1.20 bits per heavy atom. The highest BCUT2D eigenvalue weighted by molar-refractivity contribution is 5.79. The van der Waals surface area contributed by atoms with Crippen LogP contribution in [0.5, 0.6) is 0 Å². The van der Waals surface area contributed by atoms with Crippen LogP contribution in [0.15, 0.2) is 0 Å². The lowest BCUT2D eigenvalue weighted by molar-refractivity contribution is -0.461. The van der Waals surface area contributed by atoms with E-state index in [9.17, 15) is 79.4 Å². The monoisotopic (exact) mass is 561 g/mol. The van der Waals surface area contributed by atoms with E-state index in [0.29, 0.717) is 0 Å². The number of halogens is 17. The lowest BCUT2D eigenvalue weighted by Crippen LogP contribution is -2.74. The maximum absolute atomic E-state index is 13.8. The molecule has 0 bridgehead atoms. The first-order valence-electron chi connectivity index (χ1n) is 8.94. The van der Waals surface area contributed by atoms with Gasteiger partial charge in [0.1, 0.15) is 5.78 Å². The molecule has 19 heteroatoms. The van der Waals surface area contributed by atoms with Crippen LogP contribution < -0.4 is 5.73 Å². The van der Waals surface area contributed by atoms with Crippen LogP contribution in [0.25, 0.3) is 0 Å². The van der Waals surface area contributed by atoms with Crippen LogP contribution in [0, 0.1) is 5.92 Å². The van der Waals surface area contributed by atoms with Gasteiger partial charge in [0, 0.05) is 25.3 Å². The van der Waals surface area contributed by atoms with Crippen LogP contribution in [0.2, 0.25) is 0 Å². The summed E-state index contributed by atoms with van der Waals surface area (Å²) >= 11 is 0. The van der Waals surface area contributed by atoms with Gasteiger partial charge in [-0.2, -0.15) is 74.6 Å². The Hall–Kier alpha value is -1.56. The molecule has 2 nitrogen and oxygen atoms in total. The van der Waals surface area contributed by atoms with Gasteiger partial charge in [0.25, 0.3) is 0 Å². The number of hydrogen-bond donors (Lipinski definition) is 1. The zero-order valence-corrected chi connectivity index (χ0v) is 17.2. The van der Waals surface area contributed by atoms with Gasteiger partial charge in [-0.25, -0.2) is 0 Å². The van der Waals surface area contributed by atoms with Crippen molar-refractivity contribution in [3.8, 4) is 0 Å². The van der Waals surface area contributed by atoms with Gasteiger partial charge in [-0.05, 0) is 5.92 Å².